The zero-order valence-corrected chi connectivity index (χ0v) is 13.4. The van der Waals surface area contributed by atoms with Crippen molar-refractivity contribution in [3.05, 3.63) is 59.3 Å². The molecule has 1 aromatic heterocycles. The SMILES string of the molecule is Cc1cccc(C[C@@H]2SC(=Nc3cccc(C)n3)NC2=O)c1. The van der Waals surface area contributed by atoms with Crippen LogP contribution in [0.4, 0.5) is 5.82 Å². The Labute approximate surface area is 134 Å². The number of nitrogens with zero attached hydrogens (tertiary/aromatic N) is 2. The number of aromatic nitrogens is 1. The lowest BCUT2D eigenvalue weighted by Crippen LogP contribution is -2.26. The molecule has 1 saturated heterocycles. The number of aryl methyl sites for hydroxylation is 2. The number of carbonyl (C=O) groups excluding carboxylic acids is 1. The molecule has 0 spiro atoms. The van der Waals surface area contributed by atoms with Gasteiger partial charge >= 0.3 is 0 Å². The molecule has 3 rings (SSSR count). The van der Waals surface area contributed by atoms with Crippen LogP contribution in [0.1, 0.15) is 16.8 Å². The Morgan fingerprint density at radius 2 is 2.05 bits per heavy atom. The van der Waals surface area contributed by atoms with Gasteiger partial charge in [-0.05, 0) is 38.0 Å². The summed E-state index contributed by atoms with van der Waals surface area (Å²) < 4.78 is 0. The van der Waals surface area contributed by atoms with Crippen LogP contribution in [0, 0.1) is 13.8 Å². The van der Waals surface area contributed by atoms with Crippen LogP contribution < -0.4 is 5.32 Å². The van der Waals surface area contributed by atoms with Crippen LogP contribution in [0.15, 0.2) is 47.5 Å². The fourth-order valence-corrected chi connectivity index (χ4v) is 3.36. The fourth-order valence-electron chi connectivity index (χ4n) is 2.34. The van der Waals surface area contributed by atoms with Crippen LogP contribution >= 0.6 is 11.8 Å². The second-order valence-corrected chi connectivity index (χ2v) is 6.53. The molecule has 0 bridgehead atoms. The van der Waals surface area contributed by atoms with Gasteiger partial charge < -0.3 is 5.32 Å². The summed E-state index contributed by atoms with van der Waals surface area (Å²) in [6.07, 6.45) is 0.707. The number of hydrogen-bond donors (Lipinski definition) is 1. The Balaban J connectivity index is 1.73. The first-order valence-corrected chi connectivity index (χ1v) is 8.03. The molecular weight excluding hydrogens is 294 g/mol. The van der Waals surface area contributed by atoms with Gasteiger partial charge in [0.15, 0.2) is 11.0 Å². The van der Waals surface area contributed by atoms with Crippen molar-refractivity contribution in [3.63, 3.8) is 0 Å². The predicted octanol–water partition coefficient (Wildman–Crippen LogP) is 3.16. The van der Waals surface area contributed by atoms with Crippen LogP contribution in [0.25, 0.3) is 0 Å². The first-order chi connectivity index (χ1) is 10.6. The molecule has 1 N–H and O–H groups in total. The average molecular weight is 311 g/mol. The van der Waals surface area contributed by atoms with E-state index >= 15 is 0 Å². The van der Waals surface area contributed by atoms with E-state index in [4.69, 9.17) is 0 Å². The highest BCUT2D eigenvalue weighted by molar-refractivity contribution is 8.15. The molecule has 4 nitrogen and oxygen atoms in total. The summed E-state index contributed by atoms with van der Waals surface area (Å²) in [5.41, 5.74) is 3.29. The number of amidine groups is 1. The van der Waals surface area contributed by atoms with E-state index in [-0.39, 0.29) is 11.2 Å². The van der Waals surface area contributed by atoms with Crippen molar-refractivity contribution >= 4 is 28.7 Å². The van der Waals surface area contributed by atoms with Crippen LogP contribution in [-0.4, -0.2) is 21.3 Å². The lowest BCUT2D eigenvalue weighted by Gasteiger charge is -2.05. The maximum absolute atomic E-state index is 12.1. The molecule has 5 heteroatoms. The maximum atomic E-state index is 12.1. The number of aliphatic imine (C=N–C) groups is 1. The second kappa shape index (κ2) is 6.32. The Hall–Kier alpha value is -2.14. The quantitative estimate of drug-likeness (QED) is 0.947. The van der Waals surface area contributed by atoms with Gasteiger partial charge in [-0.1, -0.05) is 47.7 Å². The highest BCUT2D eigenvalue weighted by atomic mass is 32.2. The summed E-state index contributed by atoms with van der Waals surface area (Å²) in [7, 11) is 0. The van der Waals surface area contributed by atoms with E-state index in [9.17, 15) is 4.79 Å². The van der Waals surface area contributed by atoms with E-state index in [0.29, 0.717) is 17.4 Å². The molecule has 2 aromatic rings. The number of benzene rings is 1. The third-order valence-electron chi connectivity index (χ3n) is 3.37. The first kappa shape index (κ1) is 14.8. The van der Waals surface area contributed by atoms with Gasteiger partial charge in [0.25, 0.3) is 0 Å². The van der Waals surface area contributed by atoms with Gasteiger partial charge in [0.2, 0.25) is 5.91 Å². The van der Waals surface area contributed by atoms with Crippen molar-refractivity contribution in [2.75, 3.05) is 0 Å². The van der Waals surface area contributed by atoms with Crippen molar-refractivity contribution in [2.24, 2.45) is 4.99 Å². The van der Waals surface area contributed by atoms with Crippen molar-refractivity contribution < 1.29 is 4.79 Å². The van der Waals surface area contributed by atoms with E-state index in [0.717, 1.165) is 5.69 Å². The Morgan fingerprint density at radius 1 is 1.23 bits per heavy atom. The predicted molar refractivity (Wildman–Crippen MR) is 90.5 cm³/mol. The van der Waals surface area contributed by atoms with Crippen LogP contribution in [0.5, 0.6) is 0 Å². The molecular formula is C17H17N3OS. The third-order valence-corrected chi connectivity index (χ3v) is 4.45. The Bertz CT molecular complexity index is 742. The molecule has 1 fully saturated rings. The smallest absolute Gasteiger partial charge is 0.239 e. The topological polar surface area (TPSA) is 54.4 Å². The number of hydrogen-bond acceptors (Lipinski definition) is 4. The molecule has 0 radical (unpaired) electrons. The molecule has 1 amide bonds. The van der Waals surface area contributed by atoms with Gasteiger partial charge in [0, 0.05) is 5.69 Å². The van der Waals surface area contributed by atoms with Crippen LogP contribution in [0.2, 0.25) is 0 Å². The van der Waals surface area contributed by atoms with Crippen molar-refractivity contribution in [1.82, 2.24) is 10.3 Å². The molecule has 0 aliphatic carbocycles. The average Bonchev–Trinajstić information content (AvgIpc) is 2.79. The Morgan fingerprint density at radius 3 is 2.82 bits per heavy atom. The third kappa shape index (κ3) is 3.54. The minimum Gasteiger partial charge on any atom is -0.304 e. The molecule has 0 unspecified atom stereocenters. The van der Waals surface area contributed by atoms with Gasteiger partial charge in [-0.3, -0.25) is 4.79 Å². The summed E-state index contributed by atoms with van der Waals surface area (Å²) in [5, 5.41) is 3.33. The molecule has 1 aliphatic heterocycles. The van der Waals surface area contributed by atoms with Crippen LogP contribution in [0.3, 0.4) is 0 Å². The van der Waals surface area contributed by atoms with Crippen molar-refractivity contribution in [3.8, 4) is 0 Å². The van der Waals surface area contributed by atoms with E-state index in [1.54, 1.807) is 0 Å². The number of carbonyl (C=O) groups is 1. The molecule has 112 valence electrons. The lowest BCUT2D eigenvalue weighted by molar-refractivity contribution is -0.118. The zero-order chi connectivity index (χ0) is 15.5. The summed E-state index contributed by atoms with van der Waals surface area (Å²) in [4.78, 5) is 20.8. The lowest BCUT2D eigenvalue weighted by atomic mass is 10.1. The monoisotopic (exact) mass is 311 g/mol. The minimum absolute atomic E-state index is 0.0120. The molecule has 2 heterocycles. The summed E-state index contributed by atoms with van der Waals surface area (Å²) >= 11 is 1.47. The van der Waals surface area contributed by atoms with Crippen molar-refractivity contribution in [1.29, 1.82) is 0 Å². The van der Waals surface area contributed by atoms with E-state index in [1.165, 1.54) is 22.9 Å². The summed E-state index contributed by atoms with van der Waals surface area (Å²) in [5.74, 6) is 0.636. The number of amides is 1. The summed E-state index contributed by atoms with van der Waals surface area (Å²) in [6.45, 7) is 3.98. The number of rotatable bonds is 3. The molecule has 0 saturated carbocycles. The van der Waals surface area contributed by atoms with Gasteiger partial charge in [-0.15, -0.1) is 0 Å². The van der Waals surface area contributed by atoms with Gasteiger partial charge in [-0.2, -0.15) is 0 Å². The first-order valence-electron chi connectivity index (χ1n) is 7.15. The number of nitrogens with one attached hydrogen (secondary N) is 1. The van der Waals surface area contributed by atoms with E-state index in [2.05, 4.69) is 40.4 Å². The fraction of sp³-hybridized carbons (Fsp3) is 0.235. The zero-order valence-electron chi connectivity index (χ0n) is 12.5. The van der Waals surface area contributed by atoms with Gasteiger partial charge in [0.05, 0.1) is 5.25 Å². The minimum atomic E-state index is -0.134. The standard InChI is InChI=1S/C17H17N3OS/c1-11-5-3-7-13(9-11)10-14-16(21)20-17(22-14)19-15-8-4-6-12(2)18-15/h3-9,14H,10H2,1-2H3,(H,18,19,20,21)/t14-/m0/s1. The van der Waals surface area contributed by atoms with Gasteiger partial charge in [0.1, 0.15) is 0 Å². The largest absolute Gasteiger partial charge is 0.304 e. The molecule has 1 aromatic carbocycles. The van der Waals surface area contributed by atoms with E-state index in [1.807, 2.05) is 31.2 Å². The highest BCUT2D eigenvalue weighted by Crippen LogP contribution is 2.25. The molecule has 22 heavy (non-hydrogen) atoms. The summed E-state index contributed by atoms with van der Waals surface area (Å²) in [6, 6.07) is 13.9. The van der Waals surface area contributed by atoms with E-state index < -0.39 is 0 Å². The number of pyridine rings is 1. The Kier molecular flexibility index (Phi) is 4.24. The van der Waals surface area contributed by atoms with Crippen molar-refractivity contribution in [2.45, 2.75) is 25.5 Å². The molecule has 1 aliphatic rings. The number of thioether (sulfide) groups is 1. The maximum Gasteiger partial charge on any atom is 0.239 e. The van der Waals surface area contributed by atoms with Gasteiger partial charge in [-0.25, -0.2) is 9.98 Å². The van der Waals surface area contributed by atoms with Crippen LogP contribution in [-0.2, 0) is 11.2 Å². The second-order valence-electron chi connectivity index (χ2n) is 5.34. The molecule has 1 atom stereocenters. The highest BCUT2D eigenvalue weighted by Gasteiger charge is 2.30. The normalized spacial score (nSPS) is 19.5.